The molecule has 2 N–H and O–H groups in total. The molecule has 1 aliphatic carbocycles. The van der Waals surface area contributed by atoms with E-state index in [1.807, 2.05) is 45.0 Å². The minimum Gasteiger partial charge on any atom is -0.371 e. The molecular formula is C32H46N4O3. The molecule has 212 valence electrons. The van der Waals surface area contributed by atoms with Crippen LogP contribution in [0.3, 0.4) is 0 Å². The zero-order chi connectivity index (χ0) is 28.2. The van der Waals surface area contributed by atoms with Gasteiger partial charge in [-0.3, -0.25) is 19.5 Å². The molecule has 39 heavy (non-hydrogen) atoms. The molecule has 4 rings (SSSR count). The molecule has 7 heteroatoms. The van der Waals surface area contributed by atoms with Gasteiger partial charge in [0.05, 0.1) is 17.7 Å². The van der Waals surface area contributed by atoms with Crippen molar-refractivity contribution in [2.45, 2.75) is 115 Å². The summed E-state index contributed by atoms with van der Waals surface area (Å²) in [6.07, 6.45) is 9.23. The van der Waals surface area contributed by atoms with Crippen LogP contribution < -0.4 is 15.5 Å². The Hall–Kier alpha value is -2.77. The summed E-state index contributed by atoms with van der Waals surface area (Å²) in [5, 5.41) is 6.66. The van der Waals surface area contributed by atoms with Crippen molar-refractivity contribution in [3.63, 3.8) is 0 Å². The predicted octanol–water partition coefficient (Wildman–Crippen LogP) is 5.45. The van der Waals surface area contributed by atoms with E-state index in [0.717, 1.165) is 25.7 Å². The van der Waals surface area contributed by atoms with Gasteiger partial charge in [0.1, 0.15) is 6.04 Å². The van der Waals surface area contributed by atoms with E-state index in [2.05, 4.69) is 48.5 Å². The van der Waals surface area contributed by atoms with Crippen LogP contribution in [0.15, 0.2) is 48.8 Å². The van der Waals surface area contributed by atoms with Crippen molar-refractivity contribution in [2.75, 3.05) is 11.4 Å². The summed E-state index contributed by atoms with van der Waals surface area (Å²) in [5.74, 6) is -0.296. The number of carbonyl (C=O) groups excluding carboxylic acids is 2. The molecule has 1 saturated heterocycles. The zero-order valence-corrected chi connectivity index (χ0v) is 24.5. The molecule has 2 aromatic rings. The molecule has 1 aliphatic heterocycles. The van der Waals surface area contributed by atoms with Crippen LogP contribution in [0, 0.1) is 0 Å². The van der Waals surface area contributed by atoms with Crippen molar-refractivity contribution in [3.8, 4) is 0 Å². The van der Waals surface area contributed by atoms with Gasteiger partial charge in [-0.15, -0.1) is 0 Å². The topological polar surface area (TPSA) is 83.6 Å². The first-order chi connectivity index (χ1) is 18.4. The van der Waals surface area contributed by atoms with Crippen LogP contribution >= 0.6 is 0 Å². The molecule has 2 fully saturated rings. The van der Waals surface area contributed by atoms with Crippen molar-refractivity contribution >= 4 is 17.5 Å². The summed E-state index contributed by atoms with van der Waals surface area (Å²) in [4.78, 5) is 34.4. The second kappa shape index (κ2) is 12.2. The average molecular weight is 535 g/mol. The Morgan fingerprint density at radius 2 is 1.72 bits per heavy atom. The fourth-order valence-corrected chi connectivity index (χ4v) is 5.66. The maximum atomic E-state index is 14.4. The maximum Gasteiger partial charge on any atom is 0.248 e. The van der Waals surface area contributed by atoms with Gasteiger partial charge in [0.2, 0.25) is 11.8 Å². The van der Waals surface area contributed by atoms with Gasteiger partial charge in [-0.2, -0.15) is 0 Å². The summed E-state index contributed by atoms with van der Waals surface area (Å²) in [5.41, 5.74) is 2.23. The first-order valence-electron chi connectivity index (χ1n) is 14.5. The highest BCUT2D eigenvalue weighted by molar-refractivity contribution is 6.04. The second-order valence-electron chi connectivity index (χ2n) is 13.1. The zero-order valence-electron chi connectivity index (χ0n) is 24.5. The Balaban J connectivity index is 1.71. The second-order valence-corrected chi connectivity index (χ2v) is 13.1. The van der Waals surface area contributed by atoms with Gasteiger partial charge in [-0.1, -0.05) is 58.2 Å². The monoisotopic (exact) mass is 534 g/mol. The molecular weight excluding hydrogens is 488 g/mol. The van der Waals surface area contributed by atoms with E-state index in [9.17, 15) is 9.59 Å². The number of benzene rings is 1. The Morgan fingerprint density at radius 1 is 1.03 bits per heavy atom. The van der Waals surface area contributed by atoms with E-state index in [1.54, 1.807) is 17.3 Å². The number of carbonyl (C=O) groups is 2. The van der Waals surface area contributed by atoms with E-state index in [0.29, 0.717) is 24.2 Å². The fraction of sp³-hybridized carbons (Fsp3) is 0.594. The highest BCUT2D eigenvalue weighted by atomic mass is 16.5. The van der Waals surface area contributed by atoms with Crippen LogP contribution in [-0.4, -0.2) is 47.1 Å². The molecule has 1 saturated carbocycles. The number of pyridine rings is 1. The molecule has 2 aliphatic rings. The Bertz CT molecular complexity index is 1100. The first-order valence-corrected chi connectivity index (χ1v) is 14.5. The smallest absolute Gasteiger partial charge is 0.248 e. The third kappa shape index (κ3) is 7.67. The van der Waals surface area contributed by atoms with Gasteiger partial charge in [0.15, 0.2) is 0 Å². The van der Waals surface area contributed by atoms with Gasteiger partial charge in [-0.05, 0) is 69.2 Å². The molecule has 2 heterocycles. The van der Waals surface area contributed by atoms with Crippen LogP contribution in [0.25, 0.3) is 0 Å². The third-order valence-corrected chi connectivity index (χ3v) is 7.62. The van der Waals surface area contributed by atoms with Crippen LogP contribution in [-0.2, 0) is 19.7 Å². The lowest BCUT2D eigenvalue weighted by molar-refractivity contribution is -0.128. The summed E-state index contributed by atoms with van der Waals surface area (Å²) < 4.78 is 6.19. The van der Waals surface area contributed by atoms with Gasteiger partial charge >= 0.3 is 0 Å². The SMILES string of the molecule is CC(C)(C)O[C@H]1CN[C@@H](C(=O)N(c2ccc(C(C)(C)C)cc2)C(C(=O)NC2CCCCC2)c2cccnc2)C1. The lowest BCUT2D eigenvalue weighted by atomic mass is 9.87. The van der Waals surface area contributed by atoms with Crippen LogP contribution in [0.4, 0.5) is 5.69 Å². The van der Waals surface area contributed by atoms with Crippen molar-refractivity contribution in [1.29, 1.82) is 0 Å². The molecule has 1 aromatic heterocycles. The summed E-state index contributed by atoms with van der Waals surface area (Å²) in [6.45, 7) is 13.2. The number of ether oxygens (including phenoxy) is 1. The van der Waals surface area contributed by atoms with Gasteiger partial charge in [0, 0.05) is 36.2 Å². The number of hydrogen-bond acceptors (Lipinski definition) is 5. The Labute approximate surface area is 234 Å². The molecule has 0 radical (unpaired) electrons. The third-order valence-electron chi connectivity index (χ3n) is 7.62. The molecule has 1 aromatic carbocycles. The number of amides is 2. The number of aromatic nitrogens is 1. The van der Waals surface area contributed by atoms with Crippen molar-refractivity contribution in [2.24, 2.45) is 0 Å². The summed E-state index contributed by atoms with van der Waals surface area (Å²) >= 11 is 0. The average Bonchev–Trinajstić information content (AvgIpc) is 3.34. The Morgan fingerprint density at radius 3 is 2.31 bits per heavy atom. The first kappa shape index (κ1) is 29.2. The van der Waals surface area contributed by atoms with Crippen LogP contribution in [0.2, 0.25) is 0 Å². The Kier molecular flexibility index (Phi) is 9.12. The lowest BCUT2D eigenvalue weighted by Crippen LogP contribution is -2.51. The number of nitrogens with one attached hydrogen (secondary N) is 2. The minimum absolute atomic E-state index is 0.0288. The van der Waals surface area contributed by atoms with Gasteiger partial charge in [0.25, 0.3) is 0 Å². The largest absolute Gasteiger partial charge is 0.371 e. The fourth-order valence-electron chi connectivity index (χ4n) is 5.66. The molecule has 2 amide bonds. The maximum absolute atomic E-state index is 14.4. The van der Waals surface area contributed by atoms with Crippen molar-refractivity contribution in [1.82, 2.24) is 15.6 Å². The van der Waals surface area contributed by atoms with E-state index in [4.69, 9.17) is 4.74 Å². The standard InChI is InChI=1S/C32H46N4O3/c1-31(2,3)23-14-16-25(17-15-23)36(30(38)27-19-26(21-34-27)39-32(4,5)6)28(22-11-10-18-33-20-22)29(37)35-24-12-8-7-9-13-24/h10-11,14-18,20,24,26-28,34H,7-9,12-13,19,21H2,1-6H3,(H,35,37)/t26-,27-,28?/m1/s1. The number of hydrogen-bond donors (Lipinski definition) is 2. The minimum atomic E-state index is -0.835. The number of anilines is 1. The van der Waals surface area contributed by atoms with Crippen LogP contribution in [0.1, 0.15) is 97.2 Å². The van der Waals surface area contributed by atoms with Gasteiger partial charge in [-0.25, -0.2) is 0 Å². The predicted molar refractivity (Wildman–Crippen MR) is 156 cm³/mol. The number of nitrogens with zero attached hydrogens (tertiary/aromatic N) is 2. The quantitative estimate of drug-likeness (QED) is 0.494. The molecule has 0 spiro atoms. The molecule has 7 nitrogen and oxygen atoms in total. The lowest BCUT2D eigenvalue weighted by Gasteiger charge is -2.35. The normalized spacial score (nSPS) is 21.4. The van der Waals surface area contributed by atoms with E-state index >= 15 is 0 Å². The van der Waals surface area contributed by atoms with E-state index in [1.165, 1.54) is 12.0 Å². The molecule has 3 atom stereocenters. The van der Waals surface area contributed by atoms with Crippen LogP contribution in [0.5, 0.6) is 0 Å². The van der Waals surface area contributed by atoms with E-state index in [-0.39, 0.29) is 35.0 Å². The summed E-state index contributed by atoms with van der Waals surface area (Å²) in [7, 11) is 0. The van der Waals surface area contributed by atoms with Crippen molar-refractivity contribution in [3.05, 3.63) is 59.9 Å². The highest BCUT2D eigenvalue weighted by Gasteiger charge is 2.40. The molecule has 0 bridgehead atoms. The van der Waals surface area contributed by atoms with Gasteiger partial charge < -0.3 is 15.4 Å². The van der Waals surface area contributed by atoms with E-state index < -0.39 is 12.1 Å². The van der Waals surface area contributed by atoms with Crippen molar-refractivity contribution < 1.29 is 14.3 Å². The molecule has 1 unspecified atom stereocenters. The number of rotatable bonds is 7. The summed E-state index contributed by atoms with van der Waals surface area (Å²) in [6, 6.07) is 10.6. The highest BCUT2D eigenvalue weighted by Crippen LogP contribution is 2.33.